The highest BCUT2D eigenvalue weighted by Crippen LogP contribution is 2.43. The lowest BCUT2D eigenvalue weighted by Gasteiger charge is -2.24. The monoisotopic (exact) mass is 383 g/mol. The van der Waals surface area contributed by atoms with E-state index in [1.54, 1.807) is 18.2 Å². The molecule has 0 aliphatic carbocycles. The molecule has 2 aromatic rings. The van der Waals surface area contributed by atoms with E-state index in [1.165, 1.54) is 12.1 Å². The van der Waals surface area contributed by atoms with Gasteiger partial charge in [-0.3, -0.25) is 0 Å². The van der Waals surface area contributed by atoms with E-state index < -0.39 is 9.84 Å². The van der Waals surface area contributed by atoms with E-state index in [4.69, 9.17) is 27.9 Å². The van der Waals surface area contributed by atoms with Crippen molar-refractivity contribution in [3.63, 3.8) is 0 Å². The molecule has 0 spiro atoms. The van der Waals surface area contributed by atoms with Gasteiger partial charge in [-0.2, -0.15) is 0 Å². The van der Waals surface area contributed by atoms with Gasteiger partial charge in [0.05, 0.1) is 14.9 Å². The largest absolute Gasteiger partial charge is 0.488 e. The van der Waals surface area contributed by atoms with E-state index >= 15 is 0 Å². The van der Waals surface area contributed by atoms with Crippen molar-refractivity contribution in [1.29, 1.82) is 0 Å². The number of sulfone groups is 1. The van der Waals surface area contributed by atoms with Gasteiger partial charge in [-0.15, -0.1) is 0 Å². The average Bonchev–Trinajstić information content (AvgIpc) is 2.92. The molecule has 0 amide bonds. The highest BCUT2D eigenvalue weighted by Gasteiger charge is 2.37. The van der Waals surface area contributed by atoms with Gasteiger partial charge >= 0.3 is 0 Å². The number of fused-ring (bicyclic) bond motifs is 3. The third-order valence-electron chi connectivity index (χ3n) is 4.59. The summed E-state index contributed by atoms with van der Waals surface area (Å²) >= 11 is 12.2. The van der Waals surface area contributed by atoms with E-state index in [0.29, 0.717) is 11.7 Å². The molecule has 1 N–H and O–H groups in total. The number of halogens is 2. The molecule has 1 saturated heterocycles. The lowest BCUT2D eigenvalue weighted by Crippen LogP contribution is -2.39. The van der Waals surface area contributed by atoms with Gasteiger partial charge in [0.1, 0.15) is 16.7 Å². The molecule has 2 aliphatic rings. The molecule has 2 aromatic carbocycles. The van der Waals surface area contributed by atoms with E-state index in [1.807, 2.05) is 6.07 Å². The minimum atomic E-state index is -3.81. The van der Waals surface area contributed by atoms with Crippen LogP contribution in [0.25, 0.3) is 0 Å². The van der Waals surface area contributed by atoms with E-state index in [2.05, 4.69) is 5.32 Å². The topological polar surface area (TPSA) is 55.4 Å². The van der Waals surface area contributed by atoms with Gasteiger partial charge in [0.15, 0.2) is 0 Å². The molecule has 126 valence electrons. The highest BCUT2D eigenvalue weighted by molar-refractivity contribution is 7.91. The van der Waals surface area contributed by atoms with Crippen molar-refractivity contribution in [3.8, 4) is 5.75 Å². The number of benzene rings is 2. The minimum absolute atomic E-state index is 0.0645. The van der Waals surface area contributed by atoms with Crippen LogP contribution < -0.4 is 10.1 Å². The van der Waals surface area contributed by atoms with Gasteiger partial charge < -0.3 is 10.1 Å². The second kappa shape index (κ2) is 5.92. The quantitative estimate of drug-likeness (QED) is 0.859. The zero-order chi connectivity index (χ0) is 16.9. The Morgan fingerprint density at radius 2 is 1.88 bits per heavy atom. The predicted molar refractivity (Wildman–Crippen MR) is 93.0 cm³/mol. The Morgan fingerprint density at radius 3 is 2.62 bits per heavy atom. The predicted octanol–water partition coefficient (Wildman–Crippen LogP) is 3.66. The minimum Gasteiger partial charge on any atom is -0.488 e. The van der Waals surface area contributed by atoms with Crippen molar-refractivity contribution < 1.29 is 13.2 Å². The van der Waals surface area contributed by atoms with Crippen LogP contribution >= 0.6 is 23.2 Å². The van der Waals surface area contributed by atoms with Crippen molar-refractivity contribution in [2.24, 2.45) is 0 Å². The standard InChI is InChI=1S/C17H15Cl2NO3S/c18-13-2-1-3-14(19)17(13)24(21,22)10-4-5-11-12-6-7-20-9-16(12)23-15(11)8-10/h1-5,8,12,16,20H,6-7,9H2. The van der Waals surface area contributed by atoms with Gasteiger partial charge in [0, 0.05) is 18.0 Å². The molecule has 1 fully saturated rings. The Kier molecular flexibility index (Phi) is 4.00. The van der Waals surface area contributed by atoms with Crippen LogP contribution in [0.3, 0.4) is 0 Å². The number of hydrogen-bond donors (Lipinski definition) is 1. The lowest BCUT2D eigenvalue weighted by molar-refractivity contribution is 0.176. The summed E-state index contributed by atoms with van der Waals surface area (Å²) in [6, 6.07) is 9.70. The van der Waals surface area contributed by atoms with Gasteiger partial charge in [-0.05, 0) is 37.2 Å². The molecule has 4 rings (SSSR count). The number of hydrogen-bond acceptors (Lipinski definition) is 4. The third-order valence-corrected chi connectivity index (χ3v) is 7.29. The maximum atomic E-state index is 13.0. The summed E-state index contributed by atoms with van der Waals surface area (Å²) in [5.74, 6) is 0.958. The fourth-order valence-corrected chi connectivity index (χ4v) is 5.82. The molecule has 0 radical (unpaired) electrons. The SMILES string of the molecule is O=S(=O)(c1ccc2c(c1)OC1CNCCC21)c1c(Cl)cccc1Cl. The summed E-state index contributed by atoms with van der Waals surface area (Å²) in [5, 5.41) is 3.52. The molecule has 2 heterocycles. The van der Waals surface area contributed by atoms with E-state index in [0.717, 1.165) is 25.1 Å². The summed E-state index contributed by atoms with van der Waals surface area (Å²) in [4.78, 5) is 0.0771. The Bertz CT molecular complexity index is 894. The number of rotatable bonds is 2. The van der Waals surface area contributed by atoms with Gasteiger partial charge in [0.2, 0.25) is 9.84 Å². The Hall–Kier alpha value is -1.27. The van der Waals surface area contributed by atoms with Crippen LogP contribution in [-0.4, -0.2) is 27.6 Å². The van der Waals surface area contributed by atoms with Gasteiger partial charge in [-0.1, -0.05) is 35.3 Å². The third kappa shape index (κ3) is 2.51. The summed E-state index contributed by atoms with van der Waals surface area (Å²) in [5.41, 5.74) is 1.07. The lowest BCUT2D eigenvalue weighted by atomic mass is 9.90. The van der Waals surface area contributed by atoms with Gasteiger partial charge in [-0.25, -0.2) is 8.42 Å². The Balaban J connectivity index is 1.79. The molecule has 4 nitrogen and oxygen atoms in total. The van der Waals surface area contributed by atoms with Gasteiger partial charge in [0.25, 0.3) is 0 Å². The first kappa shape index (κ1) is 16.2. The molecule has 7 heteroatoms. The van der Waals surface area contributed by atoms with E-state index in [9.17, 15) is 8.42 Å². The molecular formula is C17H15Cl2NO3S. The Morgan fingerprint density at radius 1 is 1.12 bits per heavy atom. The van der Waals surface area contributed by atoms with Crippen LogP contribution in [0.5, 0.6) is 5.75 Å². The summed E-state index contributed by atoms with van der Waals surface area (Å²) < 4.78 is 31.9. The second-order valence-corrected chi connectivity index (χ2v) is 8.71. The second-order valence-electron chi connectivity index (χ2n) is 6.01. The van der Waals surface area contributed by atoms with Crippen molar-refractivity contribution >= 4 is 33.0 Å². The summed E-state index contributed by atoms with van der Waals surface area (Å²) in [6.45, 7) is 1.72. The summed E-state index contributed by atoms with van der Waals surface area (Å²) in [6.07, 6.45) is 1.05. The van der Waals surface area contributed by atoms with Crippen LogP contribution in [0.2, 0.25) is 10.0 Å². The van der Waals surface area contributed by atoms with Crippen molar-refractivity contribution in [1.82, 2.24) is 5.32 Å². The maximum Gasteiger partial charge on any atom is 0.209 e. The van der Waals surface area contributed by atoms with Crippen molar-refractivity contribution in [2.45, 2.75) is 28.2 Å². The molecule has 0 aromatic heterocycles. The number of nitrogens with one attached hydrogen (secondary N) is 1. The highest BCUT2D eigenvalue weighted by atomic mass is 35.5. The average molecular weight is 384 g/mol. The maximum absolute atomic E-state index is 13.0. The van der Waals surface area contributed by atoms with Crippen LogP contribution in [0.15, 0.2) is 46.2 Å². The Labute approximate surface area is 150 Å². The summed E-state index contributed by atoms with van der Waals surface area (Å²) in [7, 11) is -3.81. The molecule has 2 aliphatic heterocycles. The molecular weight excluding hydrogens is 369 g/mol. The molecule has 0 saturated carbocycles. The van der Waals surface area contributed by atoms with Crippen LogP contribution in [0.1, 0.15) is 17.9 Å². The van der Waals surface area contributed by atoms with Crippen LogP contribution in [-0.2, 0) is 9.84 Å². The molecule has 0 bridgehead atoms. The normalized spacial score (nSPS) is 22.6. The van der Waals surface area contributed by atoms with Crippen LogP contribution in [0, 0.1) is 0 Å². The molecule has 2 unspecified atom stereocenters. The fraction of sp³-hybridized carbons (Fsp3) is 0.294. The first-order valence-electron chi connectivity index (χ1n) is 7.69. The number of ether oxygens (including phenoxy) is 1. The zero-order valence-corrected chi connectivity index (χ0v) is 15.0. The smallest absolute Gasteiger partial charge is 0.209 e. The first-order chi connectivity index (χ1) is 11.5. The first-order valence-corrected chi connectivity index (χ1v) is 9.93. The van der Waals surface area contributed by atoms with E-state index in [-0.39, 0.29) is 25.9 Å². The van der Waals surface area contributed by atoms with Crippen LogP contribution in [0.4, 0.5) is 0 Å². The van der Waals surface area contributed by atoms with Crippen molar-refractivity contribution in [3.05, 3.63) is 52.0 Å². The molecule has 2 atom stereocenters. The fourth-order valence-electron chi connectivity index (χ4n) is 3.42. The van der Waals surface area contributed by atoms with Crippen molar-refractivity contribution in [2.75, 3.05) is 13.1 Å². The zero-order valence-electron chi connectivity index (χ0n) is 12.6. The molecule has 24 heavy (non-hydrogen) atoms. The number of piperidine rings is 1.